The van der Waals surface area contributed by atoms with Crippen LogP contribution in [0, 0.1) is 13.8 Å². The normalized spacial score (nSPS) is 12.2. The van der Waals surface area contributed by atoms with Crippen molar-refractivity contribution in [2.75, 3.05) is 16.4 Å². The molecule has 8 nitrogen and oxygen atoms in total. The van der Waals surface area contributed by atoms with Gasteiger partial charge in [-0.2, -0.15) is 0 Å². The zero-order valence-corrected chi connectivity index (χ0v) is 19.6. The Balaban J connectivity index is 1.33. The lowest BCUT2D eigenvalue weighted by molar-refractivity contribution is 0.0950. The summed E-state index contributed by atoms with van der Waals surface area (Å²) in [4.78, 5) is 30.1. The van der Waals surface area contributed by atoms with E-state index in [9.17, 15) is 9.59 Å². The number of nitrogens with two attached hydrogens (primary N) is 1. The second-order valence-corrected chi connectivity index (χ2v) is 8.67. The van der Waals surface area contributed by atoms with E-state index in [0.717, 1.165) is 39.4 Å². The maximum Gasteiger partial charge on any atom is 0.272 e. The van der Waals surface area contributed by atoms with Gasteiger partial charge in [-0.15, -0.1) is 0 Å². The molecule has 0 bridgehead atoms. The molecule has 4 aromatic rings. The van der Waals surface area contributed by atoms with Gasteiger partial charge in [0.2, 0.25) is 0 Å². The molecule has 0 unspecified atom stereocenters. The fourth-order valence-corrected chi connectivity index (χ4v) is 4.35. The Bertz CT molecular complexity index is 1420. The van der Waals surface area contributed by atoms with Crippen molar-refractivity contribution >= 4 is 34.7 Å². The van der Waals surface area contributed by atoms with Gasteiger partial charge < -0.3 is 26.3 Å². The molecule has 1 aliphatic heterocycles. The number of aromatic nitrogens is 2. The van der Waals surface area contributed by atoms with Crippen LogP contribution in [0.25, 0.3) is 0 Å². The van der Waals surface area contributed by atoms with Gasteiger partial charge in [0.1, 0.15) is 11.5 Å². The molecule has 0 saturated carbocycles. The molecule has 0 spiro atoms. The topological polar surface area (TPSA) is 114 Å². The van der Waals surface area contributed by atoms with Crippen molar-refractivity contribution in [3.8, 4) is 0 Å². The maximum atomic E-state index is 13.0. The van der Waals surface area contributed by atoms with Crippen LogP contribution >= 0.6 is 0 Å². The lowest BCUT2D eigenvalue weighted by Gasteiger charge is -2.12. The van der Waals surface area contributed by atoms with Crippen molar-refractivity contribution in [1.82, 2.24) is 14.9 Å². The fraction of sp³-hybridized carbons (Fsp3) is 0.148. The molecule has 8 heteroatoms. The zero-order valence-electron chi connectivity index (χ0n) is 19.6. The van der Waals surface area contributed by atoms with E-state index in [4.69, 9.17) is 5.73 Å². The zero-order chi connectivity index (χ0) is 24.5. The van der Waals surface area contributed by atoms with Gasteiger partial charge in [-0.05, 0) is 66.9 Å². The van der Waals surface area contributed by atoms with Crippen LogP contribution in [0.3, 0.4) is 0 Å². The van der Waals surface area contributed by atoms with E-state index in [0.29, 0.717) is 30.2 Å². The van der Waals surface area contributed by atoms with Crippen LogP contribution in [-0.2, 0) is 13.1 Å². The summed E-state index contributed by atoms with van der Waals surface area (Å²) in [5.41, 5.74) is 12.9. The number of carbonyl (C=O) groups is 2. The second-order valence-electron chi connectivity index (χ2n) is 8.67. The molecular weight excluding hydrogens is 440 g/mol. The van der Waals surface area contributed by atoms with Gasteiger partial charge in [0, 0.05) is 42.0 Å². The van der Waals surface area contributed by atoms with Gasteiger partial charge in [0.25, 0.3) is 11.8 Å². The number of pyridine rings is 1. The number of nitrogens with zero attached hydrogens (tertiary/aromatic N) is 2. The standard InChI is InChI=1S/C27H26N6O2/c1-16-10-25(28)30-17(2)22(16)13-29-26(34)19-11-24-27(35)32-23-12-21(31-20-6-4-3-5-7-20)9-8-18(23)14-33(24)15-19/h3-12,15,31H,13-14H2,1-2H3,(H2,28,30)(H,29,34)(H,32,35). The molecule has 0 fully saturated rings. The van der Waals surface area contributed by atoms with Crippen molar-refractivity contribution in [3.63, 3.8) is 0 Å². The highest BCUT2D eigenvalue weighted by Crippen LogP contribution is 2.28. The van der Waals surface area contributed by atoms with Crippen molar-refractivity contribution in [1.29, 1.82) is 0 Å². The molecule has 2 amide bonds. The molecule has 0 atom stereocenters. The summed E-state index contributed by atoms with van der Waals surface area (Å²) in [6.07, 6.45) is 1.72. The van der Waals surface area contributed by atoms with E-state index in [1.165, 1.54) is 0 Å². The lowest BCUT2D eigenvalue weighted by Crippen LogP contribution is -2.23. The first-order chi connectivity index (χ1) is 16.9. The number of nitrogen functional groups attached to an aromatic ring is 1. The largest absolute Gasteiger partial charge is 0.384 e. The Morgan fingerprint density at radius 1 is 1.09 bits per heavy atom. The lowest BCUT2D eigenvalue weighted by atomic mass is 10.1. The first-order valence-electron chi connectivity index (χ1n) is 11.3. The van der Waals surface area contributed by atoms with E-state index in [2.05, 4.69) is 20.9 Å². The molecular formula is C27H26N6O2. The van der Waals surface area contributed by atoms with Gasteiger partial charge in [-0.1, -0.05) is 24.3 Å². The molecule has 176 valence electrons. The summed E-state index contributed by atoms with van der Waals surface area (Å²) in [6.45, 7) is 4.61. The Morgan fingerprint density at radius 2 is 1.89 bits per heavy atom. The maximum absolute atomic E-state index is 13.0. The molecule has 5 rings (SSSR count). The van der Waals surface area contributed by atoms with Crippen LogP contribution in [0.2, 0.25) is 0 Å². The smallest absolute Gasteiger partial charge is 0.272 e. The summed E-state index contributed by atoms with van der Waals surface area (Å²) < 4.78 is 1.81. The SMILES string of the molecule is Cc1cc(N)nc(C)c1CNC(=O)c1cc2n(c1)Cc1ccc(Nc3ccccc3)cc1NC2=O. The summed E-state index contributed by atoms with van der Waals surface area (Å²) >= 11 is 0. The van der Waals surface area contributed by atoms with E-state index >= 15 is 0 Å². The third kappa shape index (κ3) is 4.59. The van der Waals surface area contributed by atoms with Crippen molar-refractivity contribution in [2.45, 2.75) is 26.9 Å². The summed E-state index contributed by atoms with van der Waals surface area (Å²) in [7, 11) is 0. The summed E-state index contributed by atoms with van der Waals surface area (Å²) in [5, 5.41) is 9.26. The third-order valence-corrected chi connectivity index (χ3v) is 6.15. The summed E-state index contributed by atoms with van der Waals surface area (Å²) in [5.74, 6) is -0.0498. The number of benzene rings is 2. The average Bonchev–Trinajstić information content (AvgIpc) is 3.19. The number of fused-ring (bicyclic) bond motifs is 2. The van der Waals surface area contributed by atoms with Gasteiger partial charge in [-0.25, -0.2) is 4.98 Å². The highest BCUT2D eigenvalue weighted by Gasteiger charge is 2.22. The number of hydrogen-bond donors (Lipinski definition) is 4. The van der Waals surface area contributed by atoms with Crippen molar-refractivity contribution < 1.29 is 9.59 Å². The Morgan fingerprint density at radius 3 is 2.66 bits per heavy atom. The molecule has 3 heterocycles. The van der Waals surface area contributed by atoms with Crippen LogP contribution < -0.4 is 21.7 Å². The quantitative estimate of drug-likeness (QED) is 0.349. The molecule has 2 aromatic heterocycles. The monoisotopic (exact) mass is 466 g/mol. The minimum absolute atomic E-state index is 0.253. The van der Waals surface area contributed by atoms with E-state index < -0.39 is 0 Å². The Kier molecular flexibility index (Phi) is 5.70. The van der Waals surface area contributed by atoms with E-state index in [1.807, 2.05) is 66.9 Å². The molecule has 2 aromatic carbocycles. The molecule has 1 aliphatic rings. The van der Waals surface area contributed by atoms with E-state index in [1.54, 1.807) is 18.3 Å². The predicted octanol–water partition coefficient (Wildman–Crippen LogP) is 4.37. The number of rotatable bonds is 5. The molecule has 0 aliphatic carbocycles. The number of anilines is 4. The van der Waals surface area contributed by atoms with Crippen molar-refractivity contribution in [2.24, 2.45) is 0 Å². The Labute approximate surface area is 203 Å². The molecule has 5 N–H and O–H groups in total. The summed E-state index contributed by atoms with van der Waals surface area (Å²) in [6, 6.07) is 19.1. The van der Waals surface area contributed by atoms with Crippen LogP contribution in [0.15, 0.2) is 66.9 Å². The van der Waals surface area contributed by atoms with Crippen LogP contribution in [0.4, 0.5) is 22.9 Å². The van der Waals surface area contributed by atoms with Crippen LogP contribution in [-0.4, -0.2) is 21.4 Å². The first-order valence-corrected chi connectivity index (χ1v) is 11.3. The van der Waals surface area contributed by atoms with Crippen LogP contribution in [0.1, 0.15) is 43.2 Å². The van der Waals surface area contributed by atoms with Gasteiger partial charge >= 0.3 is 0 Å². The number of hydrogen-bond acceptors (Lipinski definition) is 5. The predicted molar refractivity (Wildman–Crippen MR) is 137 cm³/mol. The first kappa shape index (κ1) is 22.2. The number of nitrogens with one attached hydrogen (secondary N) is 3. The molecule has 35 heavy (non-hydrogen) atoms. The minimum atomic E-state index is -0.255. The number of para-hydroxylation sites is 1. The number of carbonyl (C=O) groups excluding carboxylic acids is 2. The highest BCUT2D eigenvalue weighted by molar-refractivity contribution is 6.06. The second kappa shape index (κ2) is 8.98. The third-order valence-electron chi connectivity index (χ3n) is 6.15. The van der Waals surface area contributed by atoms with Gasteiger partial charge in [-0.3, -0.25) is 9.59 Å². The molecule has 0 radical (unpaired) electrons. The number of aryl methyl sites for hydroxylation is 2. The van der Waals surface area contributed by atoms with Gasteiger partial charge in [0.05, 0.1) is 5.56 Å². The highest BCUT2D eigenvalue weighted by atomic mass is 16.2. The number of amides is 2. The fourth-order valence-electron chi connectivity index (χ4n) is 4.35. The van der Waals surface area contributed by atoms with E-state index in [-0.39, 0.29) is 11.8 Å². The van der Waals surface area contributed by atoms with Crippen LogP contribution in [0.5, 0.6) is 0 Å². The van der Waals surface area contributed by atoms with Gasteiger partial charge in [0.15, 0.2) is 0 Å². The Hall–Kier alpha value is -4.59. The van der Waals surface area contributed by atoms with Crippen molar-refractivity contribution in [3.05, 3.63) is 101 Å². The average molecular weight is 467 g/mol. The minimum Gasteiger partial charge on any atom is -0.384 e. The molecule has 0 saturated heterocycles.